The van der Waals surface area contributed by atoms with Crippen molar-refractivity contribution in [3.63, 3.8) is 0 Å². The summed E-state index contributed by atoms with van der Waals surface area (Å²) in [5.74, 6) is -0.587. The average Bonchev–Trinajstić information content (AvgIpc) is 3.29. The first-order valence-corrected chi connectivity index (χ1v) is 7.97. The van der Waals surface area contributed by atoms with E-state index in [1.807, 2.05) is 11.9 Å². The minimum Gasteiger partial charge on any atom is -0.341 e. The van der Waals surface area contributed by atoms with Gasteiger partial charge < -0.3 is 4.90 Å². The van der Waals surface area contributed by atoms with E-state index in [1.54, 1.807) is 0 Å². The van der Waals surface area contributed by atoms with Crippen LogP contribution in [0.4, 0.5) is 8.78 Å². The zero-order valence-electron chi connectivity index (χ0n) is 12.9. The molecule has 1 aliphatic carbocycles. The first-order chi connectivity index (χ1) is 10.5. The van der Waals surface area contributed by atoms with Gasteiger partial charge in [0, 0.05) is 38.2 Å². The van der Waals surface area contributed by atoms with Crippen LogP contribution in [0.3, 0.4) is 0 Å². The van der Waals surface area contributed by atoms with Gasteiger partial charge in [0.15, 0.2) is 0 Å². The normalized spacial score (nSPS) is 22.6. The van der Waals surface area contributed by atoms with Crippen LogP contribution in [0.15, 0.2) is 18.2 Å². The first-order valence-electron chi connectivity index (χ1n) is 7.97. The van der Waals surface area contributed by atoms with Gasteiger partial charge in [-0.3, -0.25) is 9.69 Å². The van der Waals surface area contributed by atoms with E-state index in [0.717, 1.165) is 44.8 Å². The Hall–Kier alpha value is -1.49. The van der Waals surface area contributed by atoms with Crippen LogP contribution in [0.25, 0.3) is 0 Å². The Kier molecular flexibility index (Phi) is 4.43. The van der Waals surface area contributed by atoms with Crippen molar-refractivity contribution in [1.29, 1.82) is 0 Å². The molecule has 0 radical (unpaired) electrons. The van der Waals surface area contributed by atoms with Crippen molar-refractivity contribution >= 4 is 5.91 Å². The van der Waals surface area contributed by atoms with E-state index < -0.39 is 11.6 Å². The summed E-state index contributed by atoms with van der Waals surface area (Å²) in [7, 11) is 1.89. The molecule has 0 aromatic heterocycles. The molecule has 2 aliphatic rings. The Morgan fingerprint density at radius 1 is 1.23 bits per heavy atom. The molecule has 3 nitrogen and oxygen atoms in total. The largest absolute Gasteiger partial charge is 0.341 e. The molecule has 5 heteroatoms. The van der Waals surface area contributed by atoms with E-state index in [-0.39, 0.29) is 17.9 Å². The fourth-order valence-corrected chi connectivity index (χ4v) is 3.25. The number of nitrogens with zero attached hydrogens (tertiary/aromatic N) is 2. The smallest absolute Gasteiger partial charge is 0.225 e. The van der Waals surface area contributed by atoms with E-state index in [9.17, 15) is 13.6 Å². The Morgan fingerprint density at radius 3 is 2.55 bits per heavy atom. The molecule has 1 aliphatic heterocycles. The van der Waals surface area contributed by atoms with Gasteiger partial charge in [-0.05, 0) is 49.9 Å². The minimum atomic E-state index is -0.537. The number of piperidine rings is 1. The minimum absolute atomic E-state index is 0.209. The summed E-state index contributed by atoms with van der Waals surface area (Å²) < 4.78 is 26.6. The van der Waals surface area contributed by atoms with Crippen LogP contribution in [0.1, 0.15) is 31.2 Å². The Labute approximate surface area is 129 Å². The summed E-state index contributed by atoms with van der Waals surface area (Å²) in [6.45, 7) is 2.20. The summed E-state index contributed by atoms with van der Waals surface area (Å²) in [5.41, 5.74) is 0.648. The molecular formula is C17H22F2N2O. The maximum absolute atomic E-state index is 13.3. The molecule has 1 saturated carbocycles. The van der Waals surface area contributed by atoms with E-state index in [0.29, 0.717) is 12.1 Å². The van der Waals surface area contributed by atoms with E-state index in [1.165, 1.54) is 12.1 Å². The second kappa shape index (κ2) is 6.32. The van der Waals surface area contributed by atoms with Crippen LogP contribution < -0.4 is 0 Å². The molecule has 1 aromatic carbocycles. The monoisotopic (exact) mass is 308 g/mol. The van der Waals surface area contributed by atoms with E-state index in [2.05, 4.69) is 4.90 Å². The predicted octanol–water partition coefficient (Wildman–Crippen LogP) is 2.80. The number of amides is 1. The highest BCUT2D eigenvalue weighted by Gasteiger charge is 2.35. The molecular weight excluding hydrogens is 286 g/mol. The second-order valence-electron chi connectivity index (χ2n) is 6.53. The average molecular weight is 308 g/mol. The number of rotatable bonds is 4. The molecule has 1 unspecified atom stereocenters. The number of benzene rings is 1. The summed E-state index contributed by atoms with van der Waals surface area (Å²) in [6, 6.07) is 3.86. The highest BCUT2D eigenvalue weighted by Crippen LogP contribution is 2.32. The number of halogens is 2. The molecule has 1 amide bonds. The third-order valence-electron chi connectivity index (χ3n) is 4.63. The maximum Gasteiger partial charge on any atom is 0.225 e. The van der Waals surface area contributed by atoms with Gasteiger partial charge in [0.25, 0.3) is 0 Å². The number of likely N-dealkylation sites (tertiary alicyclic amines) is 1. The van der Waals surface area contributed by atoms with Crippen LogP contribution in [-0.2, 0) is 11.3 Å². The molecule has 1 saturated heterocycles. The van der Waals surface area contributed by atoms with Gasteiger partial charge in [-0.1, -0.05) is 0 Å². The summed E-state index contributed by atoms with van der Waals surface area (Å²) >= 11 is 0. The number of carbonyl (C=O) groups excluding carboxylic acids is 1. The lowest BCUT2D eigenvalue weighted by Crippen LogP contribution is -2.48. The molecule has 0 spiro atoms. The molecule has 2 fully saturated rings. The third kappa shape index (κ3) is 3.64. The number of carbonyl (C=O) groups is 1. The topological polar surface area (TPSA) is 23.6 Å². The first kappa shape index (κ1) is 15.4. The van der Waals surface area contributed by atoms with Crippen LogP contribution in [0.5, 0.6) is 0 Å². The Bertz CT molecular complexity index is 539. The van der Waals surface area contributed by atoms with Crippen molar-refractivity contribution in [2.45, 2.75) is 38.3 Å². The molecule has 120 valence electrons. The van der Waals surface area contributed by atoms with Gasteiger partial charge in [-0.15, -0.1) is 0 Å². The number of hydrogen-bond donors (Lipinski definition) is 0. The van der Waals surface area contributed by atoms with Crippen molar-refractivity contribution in [3.8, 4) is 0 Å². The van der Waals surface area contributed by atoms with Crippen LogP contribution >= 0.6 is 0 Å². The summed E-state index contributed by atoms with van der Waals surface area (Å²) in [4.78, 5) is 16.2. The van der Waals surface area contributed by atoms with Crippen molar-refractivity contribution in [2.24, 2.45) is 5.92 Å². The lowest BCUT2D eigenvalue weighted by Gasteiger charge is -2.37. The van der Waals surface area contributed by atoms with Gasteiger partial charge in [0.05, 0.1) is 0 Å². The van der Waals surface area contributed by atoms with E-state index >= 15 is 0 Å². The van der Waals surface area contributed by atoms with Crippen LogP contribution in [0.2, 0.25) is 0 Å². The second-order valence-corrected chi connectivity index (χ2v) is 6.53. The van der Waals surface area contributed by atoms with Crippen LogP contribution in [0, 0.1) is 17.6 Å². The van der Waals surface area contributed by atoms with Gasteiger partial charge in [0.1, 0.15) is 11.6 Å². The lowest BCUT2D eigenvalue weighted by atomic mass is 10.0. The zero-order chi connectivity index (χ0) is 15.7. The molecule has 1 heterocycles. The van der Waals surface area contributed by atoms with Crippen molar-refractivity contribution < 1.29 is 13.6 Å². The number of hydrogen-bond acceptors (Lipinski definition) is 2. The van der Waals surface area contributed by atoms with Crippen molar-refractivity contribution in [2.75, 3.05) is 20.1 Å². The van der Waals surface area contributed by atoms with Gasteiger partial charge in [0.2, 0.25) is 5.91 Å². The molecule has 3 rings (SSSR count). The fraction of sp³-hybridized carbons (Fsp3) is 0.588. The van der Waals surface area contributed by atoms with Crippen molar-refractivity contribution in [1.82, 2.24) is 9.80 Å². The lowest BCUT2D eigenvalue weighted by molar-refractivity contribution is -0.134. The maximum atomic E-state index is 13.3. The predicted molar refractivity (Wildman–Crippen MR) is 80.2 cm³/mol. The summed E-state index contributed by atoms with van der Waals surface area (Å²) in [6.07, 6.45) is 4.04. The highest BCUT2D eigenvalue weighted by molar-refractivity contribution is 5.81. The Morgan fingerprint density at radius 2 is 1.91 bits per heavy atom. The molecule has 1 atom stereocenters. The van der Waals surface area contributed by atoms with E-state index in [4.69, 9.17) is 0 Å². The Balaban J connectivity index is 1.61. The van der Waals surface area contributed by atoms with Gasteiger partial charge in [-0.25, -0.2) is 8.78 Å². The highest BCUT2D eigenvalue weighted by atomic mass is 19.1. The quantitative estimate of drug-likeness (QED) is 0.854. The summed E-state index contributed by atoms with van der Waals surface area (Å²) in [5, 5.41) is 0. The zero-order valence-corrected chi connectivity index (χ0v) is 12.9. The van der Waals surface area contributed by atoms with Crippen LogP contribution in [-0.4, -0.2) is 41.9 Å². The van der Waals surface area contributed by atoms with Gasteiger partial charge >= 0.3 is 0 Å². The number of likely N-dealkylation sites (N-methyl/N-ethyl adjacent to an activating group) is 1. The van der Waals surface area contributed by atoms with Crippen molar-refractivity contribution in [3.05, 3.63) is 35.4 Å². The molecule has 22 heavy (non-hydrogen) atoms. The fourth-order valence-electron chi connectivity index (χ4n) is 3.25. The SMILES string of the molecule is CN(C(=O)C1CC1)C1CCCN(Cc2cc(F)cc(F)c2)C1. The van der Waals surface area contributed by atoms with Gasteiger partial charge in [-0.2, -0.15) is 0 Å². The third-order valence-corrected chi connectivity index (χ3v) is 4.63. The standard InChI is InChI=1S/C17H22F2N2O/c1-20(17(22)13-4-5-13)16-3-2-6-21(11-16)10-12-7-14(18)9-15(19)8-12/h7-9,13,16H,2-6,10-11H2,1H3. The molecule has 0 bridgehead atoms. The molecule has 1 aromatic rings. The molecule has 0 N–H and O–H groups in total.